The van der Waals surface area contributed by atoms with Gasteiger partial charge in [-0.25, -0.2) is 9.78 Å². The van der Waals surface area contributed by atoms with Crippen LogP contribution in [0.1, 0.15) is 18.4 Å². The van der Waals surface area contributed by atoms with E-state index >= 15 is 0 Å². The van der Waals surface area contributed by atoms with Crippen LogP contribution in [-0.4, -0.2) is 33.8 Å². The third kappa shape index (κ3) is 4.10. The molecule has 7 heteroatoms. The second-order valence-corrected chi connectivity index (χ2v) is 4.49. The van der Waals surface area contributed by atoms with Gasteiger partial charge in [-0.05, 0) is 13.8 Å². The predicted molar refractivity (Wildman–Crippen MR) is 61.9 cm³/mol. The molecule has 0 spiro atoms. The summed E-state index contributed by atoms with van der Waals surface area (Å²) in [7, 11) is 0. The first-order valence-corrected chi connectivity index (χ1v) is 5.95. The van der Waals surface area contributed by atoms with E-state index in [9.17, 15) is 9.59 Å². The lowest BCUT2D eigenvalue weighted by molar-refractivity contribution is -0.140. The summed E-state index contributed by atoms with van der Waals surface area (Å²) in [5, 5.41) is 11.6. The molecule has 1 amide bonds. The minimum absolute atomic E-state index is 0.175. The number of aromatic nitrogens is 1. The van der Waals surface area contributed by atoms with E-state index in [-0.39, 0.29) is 11.7 Å². The lowest BCUT2D eigenvalue weighted by Gasteiger charge is -2.10. The molecule has 0 fully saturated rings. The van der Waals surface area contributed by atoms with E-state index in [1.54, 1.807) is 6.92 Å². The van der Waals surface area contributed by atoms with E-state index < -0.39 is 12.0 Å². The highest BCUT2D eigenvalue weighted by molar-refractivity contribution is 7.99. The van der Waals surface area contributed by atoms with Gasteiger partial charge in [0.15, 0.2) is 0 Å². The van der Waals surface area contributed by atoms with Crippen LogP contribution < -0.4 is 5.32 Å². The average molecular weight is 258 g/mol. The summed E-state index contributed by atoms with van der Waals surface area (Å²) in [5.74, 6) is -0.571. The topological polar surface area (TPSA) is 92.4 Å². The lowest BCUT2D eigenvalue weighted by atomic mass is 10.3. The van der Waals surface area contributed by atoms with E-state index in [0.29, 0.717) is 11.0 Å². The number of oxazole rings is 1. The molecule has 0 saturated carbocycles. The Kier molecular flexibility index (Phi) is 4.56. The minimum atomic E-state index is -1.08. The monoisotopic (exact) mass is 258 g/mol. The minimum Gasteiger partial charge on any atom is -0.480 e. The molecule has 6 nitrogen and oxygen atoms in total. The SMILES string of the molecule is CC(=O)NC(CSc1nc(C)c(C)o1)C(=O)O. The number of thioether (sulfide) groups is 1. The molecule has 1 unspecified atom stereocenters. The molecule has 94 valence electrons. The molecule has 0 aliphatic carbocycles. The first-order chi connectivity index (χ1) is 7.90. The normalized spacial score (nSPS) is 12.2. The molecule has 1 heterocycles. The molecule has 0 bridgehead atoms. The van der Waals surface area contributed by atoms with Crippen LogP contribution >= 0.6 is 11.8 Å². The fraction of sp³-hybridized carbons (Fsp3) is 0.500. The van der Waals surface area contributed by atoms with Crippen molar-refractivity contribution in [3.63, 3.8) is 0 Å². The number of amides is 1. The number of carboxylic acids is 1. The third-order valence-electron chi connectivity index (χ3n) is 2.06. The highest BCUT2D eigenvalue weighted by Gasteiger charge is 2.20. The van der Waals surface area contributed by atoms with Crippen molar-refractivity contribution in [1.82, 2.24) is 10.3 Å². The Morgan fingerprint density at radius 2 is 2.18 bits per heavy atom. The molecule has 2 N–H and O–H groups in total. The summed E-state index contributed by atoms with van der Waals surface area (Å²) in [5.41, 5.74) is 0.777. The number of nitrogens with zero attached hydrogens (tertiary/aromatic N) is 1. The summed E-state index contributed by atoms with van der Waals surface area (Å²) in [6.45, 7) is 4.88. The number of aliphatic carboxylic acids is 1. The van der Waals surface area contributed by atoms with Crippen LogP contribution in [0.4, 0.5) is 0 Å². The van der Waals surface area contributed by atoms with Crippen LogP contribution in [-0.2, 0) is 9.59 Å². The van der Waals surface area contributed by atoms with Crippen LogP contribution in [0.5, 0.6) is 0 Å². The second kappa shape index (κ2) is 5.72. The first kappa shape index (κ1) is 13.6. The van der Waals surface area contributed by atoms with E-state index in [2.05, 4.69) is 10.3 Å². The van der Waals surface area contributed by atoms with E-state index in [4.69, 9.17) is 9.52 Å². The smallest absolute Gasteiger partial charge is 0.327 e. The van der Waals surface area contributed by atoms with Crippen LogP contribution in [0.2, 0.25) is 0 Å². The number of rotatable bonds is 5. The summed E-state index contributed by atoms with van der Waals surface area (Å²) < 4.78 is 5.30. The number of carbonyl (C=O) groups excluding carboxylic acids is 1. The van der Waals surface area contributed by atoms with Crippen molar-refractivity contribution in [3.05, 3.63) is 11.5 Å². The molecule has 0 aliphatic heterocycles. The van der Waals surface area contributed by atoms with Gasteiger partial charge in [0.2, 0.25) is 5.91 Å². The number of aryl methyl sites for hydroxylation is 2. The zero-order chi connectivity index (χ0) is 13.0. The molecule has 1 aromatic heterocycles. The molecular weight excluding hydrogens is 244 g/mol. The first-order valence-electron chi connectivity index (χ1n) is 4.97. The maximum Gasteiger partial charge on any atom is 0.327 e. The van der Waals surface area contributed by atoms with Gasteiger partial charge in [0.25, 0.3) is 5.22 Å². The fourth-order valence-electron chi connectivity index (χ4n) is 1.08. The van der Waals surface area contributed by atoms with Crippen molar-refractivity contribution in [3.8, 4) is 0 Å². The molecule has 1 aromatic rings. The van der Waals surface area contributed by atoms with Gasteiger partial charge in [-0.2, -0.15) is 0 Å². The number of carbonyl (C=O) groups is 2. The molecule has 0 saturated heterocycles. The number of hydrogen-bond acceptors (Lipinski definition) is 5. The Morgan fingerprint density at radius 1 is 1.53 bits per heavy atom. The Morgan fingerprint density at radius 3 is 2.59 bits per heavy atom. The van der Waals surface area contributed by atoms with Crippen LogP contribution in [0.15, 0.2) is 9.64 Å². The zero-order valence-corrected chi connectivity index (χ0v) is 10.6. The Hall–Kier alpha value is -1.50. The van der Waals surface area contributed by atoms with Gasteiger partial charge < -0.3 is 14.8 Å². The van der Waals surface area contributed by atoms with Gasteiger partial charge in [-0.1, -0.05) is 11.8 Å². The van der Waals surface area contributed by atoms with E-state index in [0.717, 1.165) is 17.5 Å². The molecular formula is C10H14N2O4S. The van der Waals surface area contributed by atoms with E-state index in [1.165, 1.54) is 6.92 Å². The second-order valence-electron chi connectivity index (χ2n) is 3.52. The van der Waals surface area contributed by atoms with Crippen molar-refractivity contribution in [1.29, 1.82) is 0 Å². The van der Waals surface area contributed by atoms with Gasteiger partial charge in [-0.3, -0.25) is 4.79 Å². The highest BCUT2D eigenvalue weighted by atomic mass is 32.2. The Balaban J connectivity index is 2.57. The molecule has 1 rings (SSSR count). The van der Waals surface area contributed by atoms with Crippen molar-refractivity contribution in [2.45, 2.75) is 32.0 Å². The standard InChI is InChI=1S/C10H14N2O4S/c1-5-6(2)16-10(11-5)17-4-8(9(14)15)12-7(3)13/h8H,4H2,1-3H3,(H,12,13)(H,14,15). The molecule has 0 aromatic carbocycles. The fourth-order valence-corrected chi connectivity index (χ4v) is 2.00. The van der Waals surface area contributed by atoms with Gasteiger partial charge in [-0.15, -0.1) is 0 Å². The van der Waals surface area contributed by atoms with Crippen molar-refractivity contribution in [2.24, 2.45) is 0 Å². The molecule has 0 aliphatic rings. The predicted octanol–water partition coefficient (Wildman–Crippen LogP) is 0.973. The summed E-state index contributed by atoms with van der Waals surface area (Å²) in [4.78, 5) is 25.8. The van der Waals surface area contributed by atoms with Crippen LogP contribution in [0.3, 0.4) is 0 Å². The largest absolute Gasteiger partial charge is 0.480 e. The third-order valence-corrected chi connectivity index (χ3v) is 2.98. The van der Waals surface area contributed by atoms with Crippen molar-refractivity contribution < 1.29 is 19.1 Å². The highest BCUT2D eigenvalue weighted by Crippen LogP contribution is 2.20. The van der Waals surface area contributed by atoms with Gasteiger partial charge in [0.1, 0.15) is 11.8 Å². The maximum atomic E-state index is 10.8. The number of nitrogens with one attached hydrogen (secondary N) is 1. The van der Waals surface area contributed by atoms with Crippen LogP contribution in [0.25, 0.3) is 0 Å². The molecule has 17 heavy (non-hydrogen) atoms. The Labute approximate surface area is 103 Å². The van der Waals surface area contributed by atoms with Gasteiger partial charge in [0.05, 0.1) is 5.69 Å². The van der Waals surface area contributed by atoms with Crippen molar-refractivity contribution in [2.75, 3.05) is 5.75 Å². The van der Waals surface area contributed by atoms with Crippen molar-refractivity contribution >= 4 is 23.6 Å². The average Bonchev–Trinajstić information content (AvgIpc) is 2.52. The Bertz CT molecular complexity index is 410. The number of carboxylic acid groups (broad SMARTS) is 1. The zero-order valence-electron chi connectivity index (χ0n) is 9.81. The van der Waals surface area contributed by atoms with Crippen LogP contribution in [0, 0.1) is 13.8 Å². The molecule has 0 radical (unpaired) electrons. The number of hydrogen-bond donors (Lipinski definition) is 2. The van der Waals surface area contributed by atoms with Gasteiger partial charge >= 0.3 is 5.97 Å². The summed E-state index contributed by atoms with van der Waals surface area (Å²) in [6.07, 6.45) is 0. The maximum absolute atomic E-state index is 10.8. The quantitative estimate of drug-likeness (QED) is 0.765. The summed E-state index contributed by atoms with van der Waals surface area (Å²) in [6, 6.07) is -0.940. The summed E-state index contributed by atoms with van der Waals surface area (Å²) >= 11 is 1.16. The molecule has 1 atom stereocenters. The van der Waals surface area contributed by atoms with E-state index in [1.807, 2.05) is 6.92 Å². The lowest BCUT2D eigenvalue weighted by Crippen LogP contribution is -2.41. The van der Waals surface area contributed by atoms with Gasteiger partial charge in [0, 0.05) is 12.7 Å².